The molecule has 27 heavy (non-hydrogen) atoms. The number of nitrogens with one attached hydrogen (secondary N) is 1. The van der Waals surface area contributed by atoms with E-state index in [1.54, 1.807) is 12.1 Å². The molecule has 5 nitrogen and oxygen atoms in total. The summed E-state index contributed by atoms with van der Waals surface area (Å²) in [6.07, 6.45) is 0. The largest absolute Gasteiger partial charge is 0.342 e. The van der Waals surface area contributed by atoms with Gasteiger partial charge in [-0.25, -0.2) is 8.42 Å². The van der Waals surface area contributed by atoms with Crippen molar-refractivity contribution in [2.75, 3.05) is 0 Å². The molecule has 2 aromatic carbocycles. The van der Waals surface area contributed by atoms with Crippen molar-refractivity contribution in [3.05, 3.63) is 87.8 Å². The van der Waals surface area contributed by atoms with E-state index in [0.717, 1.165) is 22.5 Å². The highest BCUT2D eigenvalue weighted by molar-refractivity contribution is 7.95. The third-order valence-electron chi connectivity index (χ3n) is 4.62. The van der Waals surface area contributed by atoms with Crippen molar-refractivity contribution < 1.29 is 8.42 Å². The van der Waals surface area contributed by atoms with E-state index in [1.165, 1.54) is 12.1 Å². The summed E-state index contributed by atoms with van der Waals surface area (Å²) >= 11 is 0. The molecule has 0 saturated heterocycles. The molecular weight excluding hydrogens is 358 g/mol. The molecule has 0 aromatic heterocycles. The number of benzene rings is 2. The Kier molecular flexibility index (Phi) is 5.06. The molecule has 0 fully saturated rings. The third kappa shape index (κ3) is 3.60. The lowest BCUT2D eigenvalue weighted by Crippen LogP contribution is -2.25. The van der Waals surface area contributed by atoms with Crippen molar-refractivity contribution in [1.29, 1.82) is 5.26 Å². The maximum Gasteiger partial charge on any atom is 0.220 e. The van der Waals surface area contributed by atoms with Crippen LogP contribution >= 0.6 is 0 Å². The van der Waals surface area contributed by atoms with Crippen LogP contribution in [0.1, 0.15) is 25.0 Å². The van der Waals surface area contributed by atoms with Gasteiger partial charge in [-0.1, -0.05) is 48.0 Å². The molecule has 138 valence electrons. The molecule has 1 aliphatic heterocycles. The maximum absolute atomic E-state index is 13.1. The van der Waals surface area contributed by atoms with Gasteiger partial charge in [-0.15, -0.1) is 0 Å². The Balaban J connectivity index is 2.09. The number of rotatable bonds is 4. The van der Waals surface area contributed by atoms with Crippen molar-refractivity contribution in [1.82, 2.24) is 10.2 Å². The number of nitrogens with zero attached hydrogens (tertiary/aromatic N) is 2. The first-order valence-electron chi connectivity index (χ1n) is 8.56. The first kappa shape index (κ1) is 18.7. The van der Waals surface area contributed by atoms with Gasteiger partial charge in [-0.05, 0) is 38.5 Å². The average Bonchev–Trinajstić information content (AvgIpc) is 2.91. The summed E-state index contributed by atoms with van der Waals surface area (Å²) in [6.45, 7) is 6.14. The van der Waals surface area contributed by atoms with Crippen molar-refractivity contribution in [3.8, 4) is 6.07 Å². The van der Waals surface area contributed by atoms with E-state index in [4.69, 9.17) is 0 Å². The van der Waals surface area contributed by atoms with Crippen LogP contribution in [0.25, 0.3) is 0 Å². The zero-order valence-corrected chi connectivity index (χ0v) is 16.3. The Bertz CT molecular complexity index is 1060. The van der Waals surface area contributed by atoms with Crippen LogP contribution in [0.15, 0.2) is 81.6 Å². The summed E-state index contributed by atoms with van der Waals surface area (Å²) in [5, 5.41) is 12.8. The fraction of sp³-hybridized carbons (Fsp3) is 0.190. The first-order valence-corrected chi connectivity index (χ1v) is 10.0. The highest BCUT2D eigenvalue weighted by Gasteiger charge is 2.32. The number of nitriles is 1. The van der Waals surface area contributed by atoms with Gasteiger partial charge < -0.3 is 10.2 Å². The number of sulfone groups is 1. The molecular formula is C21H21N3O2S. The topological polar surface area (TPSA) is 73.2 Å². The number of allylic oxidation sites excluding steroid dienone is 3. The van der Waals surface area contributed by atoms with E-state index in [2.05, 4.69) is 5.32 Å². The minimum absolute atomic E-state index is 0.112. The van der Waals surface area contributed by atoms with E-state index < -0.39 is 9.84 Å². The molecule has 0 atom stereocenters. The minimum atomic E-state index is -3.94. The molecule has 0 bridgehead atoms. The molecule has 0 aliphatic carbocycles. The van der Waals surface area contributed by atoms with E-state index >= 15 is 0 Å². The van der Waals surface area contributed by atoms with Gasteiger partial charge in [0, 0.05) is 17.9 Å². The van der Waals surface area contributed by atoms with Crippen LogP contribution in [0, 0.1) is 18.3 Å². The molecule has 0 radical (unpaired) electrons. The lowest BCUT2D eigenvalue weighted by atomic mass is 10.2. The second-order valence-corrected chi connectivity index (χ2v) is 8.40. The maximum atomic E-state index is 13.1. The fourth-order valence-electron chi connectivity index (χ4n) is 2.92. The molecule has 6 heteroatoms. The van der Waals surface area contributed by atoms with Crippen LogP contribution in [-0.2, 0) is 16.4 Å². The standard InChI is InChI=1S/C21H21N3O2S/c1-15-9-11-19(12-10-15)27(25,26)20(13-22)21-23-16(2)17(3)24(21)14-18-7-5-4-6-8-18/h4-12,23H,14H2,1-3H3. The molecule has 0 spiro atoms. The van der Waals surface area contributed by atoms with E-state index in [-0.39, 0.29) is 9.80 Å². The summed E-state index contributed by atoms with van der Waals surface area (Å²) < 4.78 is 26.2. The number of hydrogen-bond acceptors (Lipinski definition) is 5. The number of aryl methyl sites for hydroxylation is 1. The second-order valence-electron chi connectivity index (χ2n) is 6.51. The zero-order valence-electron chi connectivity index (χ0n) is 15.5. The van der Waals surface area contributed by atoms with Crippen LogP contribution in [0.2, 0.25) is 0 Å². The van der Waals surface area contributed by atoms with Crippen LogP contribution in [0.5, 0.6) is 0 Å². The minimum Gasteiger partial charge on any atom is -0.342 e. The Labute approximate surface area is 160 Å². The Hall–Kier alpha value is -3.04. The lowest BCUT2D eigenvalue weighted by Gasteiger charge is -2.22. The SMILES string of the molecule is CC1=C(C)N(Cc2ccccc2)C(=C(C#N)S(=O)(=O)c2ccc(C)cc2)N1. The summed E-state index contributed by atoms with van der Waals surface area (Å²) in [5.74, 6) is 0.303. The predicted molar refractivity (Wildman–Crippen MR) is 104 cm³/mol. The summed E-state index contributed by atoms with van der Waals surface area (Å²) in [6, 6.07) is 18.2. The van der Waals surface area contributed by atoms with Crippen molar-refractivity contribution >= 4 is 9.84 Å². The zero-order chi connectivity index (χ0) is 19.6. The van der Waals surface area contributed by atoms with Crippen LogP contribution in [0.4, 0.5) is 0 Å². The van der Waals surface area contributed by atoms with Gasteiger partial charge in [0.2, 0.25) is 9.84 Å². The van der Waals surface area contributed by atoms with Crippen molar-refractivity contribution in [2.24, 2.45) is 0 Å². The normalized spacial score (nSPS) is 16.1. The summed E-state index contributed by atoms with van der Waals surface area (Å²) in [4.78, 5) is 1.67. The van der Waals surface area contributed by atoms with E-state index in [9.17, 15) is 13.7 Å². The molecule has 1 heterocycles. The van der Waals surface area contributed by atoms with Crippen molar-refractivity contribution in [3.63, 3.8) is 0 Å². The molecule has 0 saturated carbocycles. The highest BCUT2D eigenvalue weighted by atomic mass is 32.2. The number of hydrogen-bond donors (Lipinski definition) is 1. The van der Waals surface area contributed by atoms with Gasteiger partial charge >= 0.3 is 0 Å². The van der Waals surface area contributed by atoms with Gasteiger partial charge in [-0.2, -0.15) is 5.26 Å². The van der Waals surface area contributed by atoms with Gasteiger partial charge in [-0.3, -0.25) is 0 Å². The first-order chi connectivity index (χ1) is 12.8. The Morgan fingerprint density at radius 2 is 1.67 bits per heavy atom. The van der Waals surface area contributed by atoms with Gasteiger partial charge in [0.15, 0.2) is 4.91 Å². The van der Waals surface area contributed by atoms with Crippen molar-refractivity contribution in [2.45, 2.75) is 32.2 Å². The van der Waals surface area contributed by atoms with E-state index in [1.807, 2.05) is 62.1 Å². The van der Waals surface area contributed by atoms with Crippen LogP contribution in [-0.4, -0.2) is 13.3 Å². The van der Waals surface area contributed by atoms with Crippen LogP contribution < -0.4 is 5.32 Å². The quantitative estimate of drug-likeness (QED) is 0.818. The fourth-order valence-corrected chi connectivity index (χ4v) is 4.19. The molecule has 0 unspecified atom stereocenters. The average molecular weight is 379 g/mol. The Morgan fingerprint density at radius 3 is 2.26 bits per heavy atom. The Morgan fingerprint density at radius 1 is 1.04 bits per heavy atom. The monoisotopic (exact) mass is 379 g/mol. The lowest BCUT2D eigenvalue weighted by molar-refractivity contribution is 0.427. The third-order valence-corrected chi connectivity index (χ3v) is 6.34. The molecule has 1 N–H and O–H groups in total. The smallest absolute Gasteiger partial charge is 0.220 e. The summed E-state index contributed by atoms with van der Waals surface area (Å²) in [7, 11) is -3.94. The molecule has 2 aromatic rings. The highest BCUT2D eigenvalue weighted by Crippen LogP contribution is 2.31. The predicted octanol–water partition coefficient (Wildman–Crippen LogP) is 3.82. The van der Waals surface area contributed by atoms with Gasteiger partial charge in [0.1, 0.15) is 11.9 Å². The van der Waals surface area contributed by atoms with E-state index in [0.29, 0.717) is 12.4 Å². The molecule has 0 amide bonds. The van der Waals surface area contributed by atoms with Crippen LogP contribution in [0.3, 0.4) is 0 Å². The van der Waals surface area contributed by atoms with Gasteiger partial charge in [0.25, 0.3) is 0 Å². The molecule has 3 rings (SSSR count). The van der Waals surface area contributed by atoms with Gasteiger partial charge in [0.05, 0.1) is 4.90 Å². The second kappa shape index (κ2) is 7.29. The molecule has 1 aliphatic rings. The summed E-state index contributed by atoms with van der Waals surface area (Å²) in [5.41, 5.74) is 3.70.